The van der Waals surface area contributed by atoms with Crippen LogP contribution in [-0.2, 0) is 17.8 Å². The van der Waals surface area contributed by atoms with E-state index in [2.05, 4.69) is 16.3 Å². The van der Waals surface area contributed by atoms with E-state index < -0.39 is 0 Å². The first-order chi connectivity index (χ1) is 14.2. The van der Waals surface area contributed by atoms with Gasteiger partial charge in [0.25, 0.3) is 0 Å². The summed E-state index contributed by atoms with van der Waals surface area (Å²) in [6.45, 7) is 3.15. The van der Waals surface area contributed by atoms with Crippen LogP contribution in [0.25, 0.3) is 10.2 Å². The van der Waals surface area contributed by atoms with E-state index in [1.807, 2.05) is 17.0 Å². The number of aromatic nitrogens is 1. The van der Waals surface area contributed by atoms with Crippen molar-refractivity contribution in [1.29, 1.82) is 0 Å². The van der Waals surface area contributed by atoms with Crippen molar-refractivity contribution in [2.75, 3.05) is 38.8 Å². The third-order valence-corrected chi connectivity index (χ3v) is 7.98. The van der Waals surface area contributed by atoms with Crippen molar-refractivity contribution < 1.29 is 14.3 Å². The van der Waals surface area contributed by atoms with E-state index in [-0.39, 0.29) is 11.8 Å². The highest BCUT2D eigenvalue weighted by atomic mass is 32.1. The van der Waals surface area contributed by atoms with Crippen molar-refractivity contribution in [3.63, 3.8) is 0 Å². The monoisotopic (exact) mass is 429 g/mol. The minimum Gasteiger partial charge on any atom is -0.495 e. The van der Waals surface area contributed by atoms with Crippen molar-refractivity contribution >= 4 is 43.9 Å². The molecule has 2 aromatic heterocycles. The number of ether oxygens (including phenoxy) is 2. The van der Waals surface area contributed by atoms with Crippen LogP contribution in [0.1, 0.15) is 16.9 Å². The van der Waals surface area contributed by atoms with Gasteiger partial charge in [0.1, 0.15) is 21.7 Å². The van der Waals surface area contributed by atoms with E-state index in [9.17, 15) is 4.79 Å². The number of carbonyl (C=O) groups excluding carboxylic acids is 1. The van der Waals surface area contributed by atoms with Gasteiger partial charge in [-0.1, -0.05) is 11.3 Å². The molecule has 2 aliphatic rings. The van der Waals surface area contributed by atoms with Gasteiger partial charge in [0.05, 0.1) is 20.1 Å². The van der Waals surface area contributed by atoms with Gasteiger partial charge in [-0.05, 0) is 42.0 Å². The summed E-state index contributed by atoms with van der Waals surface area (Å²) in [4.78, 5) is 23.6. The Morgan fingerprint density at radius 3 is 2.83 bits per heavy atom. The molecule has 1 atom stereocenters. The highest BCUT2D eigenvalue weighted by Crippen LogP contribution is 2.41. The smallest absolute Gasteiger partial charge is 0.227 e. The van der Waals surface area contributed by atoms with Gasteiger partial charge in [0.2, 0.25) is 5.91 Å². The first kappa shape index (κ1) is 18.7. The molecule has 6 nitrogen and oxygen atoms in total. The molecular formula is C21H23N3O3S2. The van der Waals surface area contributed by atoms with Gasteiger partial charge in [-0.3, -0.25) is 4.79 Å². The van der Waals surface area contributed by atoms with Gasteiger partial charge in [-0.15, -0.1) is 11.3 Å². The Balaban J connectivity index is 1.34. The fourth-order valence-electron chi connectivity index (χ4n) is 4.24. The number of fused-ring (bicyclic) bond motifs is 2. The minimum atomic E-state index is 0.0333. The number of anilines is 1. The van der Waals surface area contributed by atoms with E-state index in [1.165, 1.54) is 10.4 Å². The summed E-state index contributed by atoms with van der Waals surface area (Å²) in [5.41, 5.74) is 2.14. The Morgan fingerprint density at radius 1 is 1.17 bits per heavy atom. The van der Waals surface area contributed by atoms with Gasteiger partial charge in [-0.2, -0.15) is 0 Å². The molecule has 1 aromatic carbocycles. The average Bonchev–Trinajstić information content (AvgIpc) is 3.50. The van der Waals surface area contributed by atoms with Crippen LogP contribution in [0.3, 0.4) is 0 Å². The molecule has 3 aromatic rings. The van der Waals surface area contributed by atoms with Gasteiger partial charge < -0.3 is 19.3 Å². The first-order valence-electron chi connectivity index (χ1n) is 9.78. The van der Waals surface area contributed by atoms with E-state index in [4.69, 9.17) is 14.5 Å². The maximum absolute atomic E-state index is 13.1. The SMILES string of the molecule is COc1ccc(OC)c2sc(N3CCC(C(=O)N4CCc5sccc5C4)C3)nc12. The Labute approximate surface area is 177 Å². The standard InChI is InChI=1S/C21H23N3O3S2/c1-26-15-3-4-16(27-2)19-18(15)22-21(29-19)24-8-5-14(12-24)20(25)23-9-6-17-13(11-23)7-10-28-17/h3-4,7,10,14H,5-6,8-9,11-12H2,1-2H3. The zero-order valence-electron chi connectivity index (χ0n) is 16.5. The molecule has 8 heteroatoms. The number of carbonyl (C=O) groups is 1. The predicted octanol–water partition coefficient (Wildman–Crippen LogP) is 3.79. The molecule has 0 radical (unpaired) electrons. The van der Waals surface area contributed by atoms with E-state index >= 15 is 0 Å². The molecule has 1 saturated heterocycles. The molecule has 152 valence electrons. The summed E-state index contributed by atoms with van der Waals surface area (Å²) < 4.78 is 12.0. The van der Waals surface area contributed by atoms with Crippen LogP contribution in [0.4, 0.5) is 5.13 Å². The largest absolute Gasteiger partial charge is 0.495 e. The summed E-state index contributed by atoms with van der Waals surface area (Å²) in [5, 5.41) is 3.06. The predicted molar refractivity (Wildman–Crippen MR) is 116 cm³/mol. The van der Waals surface area contributed by atoms with Crippen molar-refractivity contribution in [1.82, 2.24) is 9.88 Å². The van der Waals surface area contributed by atoms with Gasteiger partial charge >= 0.3 is 0 Å². The number of methoxy groups -OCH3 is 2. The van der Waals surface area contributed by atoms with Gasteiger partial charge in [-0.25, -0.2) is 4.98 Å². The van der Waals surface area contributed by atoms with Gasteiger partial charge in [0, 0.05) is 31.1 Å². The van der Waals surface area contributed by atoms with E-state index in [0.717, 1.165) is 65.9 Å². The third kappa shape index (κ3) is 3.24. The number of thiophene rings is 1. The van der Waals surface area contributed by atoms with E-state index in [1.54, 1.807) is 36.9 Å². The van der Waals surface area contributed by atoms with Crippen molar-refractivity contribution in [3.8, 4) is 11.5 Å². The normalized spacial score (nSPS) is 18.9. The number of rotatable bonds is 4. The van der Waals surface area contributed by atoms with Crippen LogP contribution in [-0.4, -0.2) is 49.6 Å². The molecule has 2 aliphatic heterocycles. The third-order valence-electron chi connectivity index (χ3n) is 5.83. The average molecular weight is 430 g/mol. The van der Waals surface area contributed by atoms with Crippen molar-refractivity contribution in [2.24, 2.45) is 5.92 Å². The zero-order valence-corrected chi connectivity index (χ0v) is 18.1. The summed E-state index contributed by atoms with van der Waals surface area (Å²) in [7, 11) is 3.32. The van der Waals surface area contributed by atoms with E-state index in [0.29, 0.717) is 0 Å². The number of amides is 1. The molecule has 0 saturated carbocycles. The molecule has 0 N–H and O–H groups in total. The second-order valence-electron chi connectivity index (χ2n) is 7.45. The van der Waals surface area contributed by atoms with Crippen LogP contribution in [0.2, 0.25) is 0 Å². The number of thiazole rings is 1. The van der Waals surface area contributed by atoms with Crippen LogP contribution in [0.5, 0.6) is 11.5 Å². The summed E-state index contributed by atoms with van der Waals surface area (Å²) in [5.74, 6) is 1.86. The second kappa shape index (κ2) is 7.50. The first-order valence-corrected chi connectivity index (χ1v) is 11.5. The fourth-order valence-corrected chi connectivity index (χ4v) is 6.24. The molecular weight excluding hydrogens is 406 g/mol. The molecule has 0 aliphatic carbocycles. The number of hydrogen-bond donors (Lipinski definition) is 0. The summed E-state index contributed by atoms with van der Waals surface area (Å²) >= 11 is 3.41. The Bertz CT molecular complexity index is 1020. The molecule has 0 spiro atoms. The number of benzene rings is 1. The molecule has 5 rings (SSSR count). The maximum atomic E-state index is 13.1. The molecule has 1 fully saturated rings. The number of hydrogen-bond acceptors (Lipinski definition) is 7. The van der Waals surface area contributed by atoms with Crippen molar-refractivity contribution in [3.05, 3.63) is 34.0 Å². The lowest BCUT2D eigenvalue weighted by molar-refractivity contribution is -0.135. The van der Waals surface area contributed by atoms with Crippen LogP contribution < -0.4 is 14.4 Å². The molecule has 0 bridgehead atoms. The highest BCUT2D eigenvalue weighted by Gasteiger charge is 2.34. The molecule has 29 heavy (non-hydrogen) atoms. The Hall–Kier alpha value is -2.32. The van der Waals surface area contributed by atoms with Crippen LogP contribution >= 0.6 is 22.7 Å². The topological polar surface area (TPSA) is 54.9 Å². The zero-order chi connectivity index (χ0) is 20.0. The Morgan fingerprint density at radius 2 is 2.00 bits per heavy atom. The quantitative estimate of drug-likeness (QED) is 0.632. The second-order valence-corrected chi connectivity index (χ2v) is 9.43. The number of nitrogens with zero attached hydrogens (tertiary/aromatic N) is 3. The lowest BCUT2D eigenvalue weighted by Crippen LogP contribution is -2.40. The summed E-state index contributed by atoms with van der Waals surface area (Å²) in [6, 6.07) is 5.95. The van der Waals surface area contributed by atoms with Crippen LogP contribution in [0, 0.1) is 5.92 Å². The highest BCUT2D eigenvalue weighted by molar-refractivity contribution is 7.22. The fraction of sp³-hybridized carbons (Fsp3) is 0.429. The maximum Gasteiger partial charge on any atom is 0.227 e. The minimum absolute atomic E-state index is 0.0333. The lowest BCUT2D eigenvalue weighted by atomic mass is 10.0. The van der Waals surface area contributed by atoms with Crippen LogP contribution in [0.15, 0.2) is 23.6 Å². The van der Waals surface area contributed by atoms with Crippen molar-refractivity contribution in [2.45, 2.75) is 19.4 Å². The molecule has 1 unspecified atom stereocenters. The van der Waals surface area contributed by atoms with Gasteiger partial charge in [0.15, 0.2) is 5.13 Å². The summed E-state index contributed by atoms with van der Waals surface area (Å²) in [6.07, 6.45) is 1.85. The lowest BCUT2D eigenvalue weighted by Gasteiger charge is -2.29. The molecule has 4 heterocycles. The Kier molecular flexibility index (Phi) is 4.83. The molecule has 1 amide bonds.